The van der Waals surface area contributed by atoms with Crippen molar-refractivity contribution in [2.45, 2.75) is 32.9 Å². The molecular formula is C15H22N2O3. The second-order valence-corrected chi connectivity index (χ2v) is 5.15. The van der Waals surface area contributed by atoms with Crippen LogP contribution in [0, 0.1) is 5.92 Å². The maximum Gasteiger partial charge on any atom is 0.322 e. The summed E-state index contributed by atoms with van der Waals surface area (Å²) in [5.41, 5.74) is 6.63. The topological polar surface area (TPSA) is 81.4 Å². The third kappa shape index (κ3) is 5.01. The SMILES string of the molecule is COC(=O)C(CC(C)C)NCc1ccc(C(N)=O)cc1. The van der Waals surface area contributed by atoms with Crippen molar-refractivity contribution >= 4 is 11.9 Å². The van der Waals surface area contributed by atoms with Crippen LogP contribution in [-0.4, -0.2) is 25.0 Å². The zero-order valence-electron chi connectivity index (χ0n) is 12.2. The summed E-state index contributed by atoms with van der Waals surface area (Å²) in [6.07, 6.45) is 0.714. The van der Waals surface area contributed by atoms with Gasteiger partial charge in [-0.3, -0.25) is 9.59 Å². The first kappa shape index (κ1) is 16.2. The van der Waals surface area contributed by atoms with Crippen LogP contribution in [0.15, 0.2) is 24.3 Å². The van der Waals surface area contributed by atoms with Crippen LogP contribution in [0.1, 0.15) is 36.2 Å². The van der Waals surface area contributed by atoms with E-state index in [1.165, 1.54) is 7.11 Å². The monoisotopic (exact) mass is 278 g/mol. The molecule has 0 heterocycles. The van der Waals surface area contributed by atoms with Gasteiger partial charge in [-0.05, 0) is 30.0 Å². The quantitative estimate of drug-likeness (QED) is 0.740. The fraction of sp³-hybridized carbons (Fsp3) is 0.467. The molecule has 0 radical (unpaired) electrons. The highest BCUT2D eigenvalue weighted by molar-refractivity contribution is 5.92. The number of rotatable bonds is 7. The molecule has 1 aromatic rings. The lowest BCUT2D eigenvalue weighted by Crippen LogP contribution is -2.38. The van der Waals surface area contributed by atoms with Crippen LogP contribution in [0.3, 0.4) is 0 Å². The molecule has 0 aliphatic heterocycles. The summed E-state index contributed by atoms with van der Waals surface area (Å²) in [6.45, 7) is 4.64. The van der Waals surface area contributed by atoms with Gasteiger partial charge >= 0.3 is 5.97 Å². The molecule has 0 bridgehead atoms. The van der Waals surface area contributed by atoms with Gasteiger partial charge < -0.3 is 15.8 Å². The Hall–Kier alpha value is -1.88. The number of nitrogens with two attached hydrogens (primary N) is 1. The van der Waals surface area contributed by atoms with Gasteiger partial charge in [0.15, 0.2) is 0 Å². The number of esters is 1. The van der Waals surface area contributed by atoms with E-state index >= 15 is 0 Å². The number of nitrogens with one attached hydrogen (secondary N) is 1. The number of methoxy groups -OCH3 is 1. The summed E-state index contributed by atoms with van der Waals surface area (Å²) < 4.78 is 4.79. The molecule has 1 atom stereocenters. The molecule has 0 aliphatic rings. The van der Waals surface area contributed by atoms with Crippen LogP contribution >= 0.6 is 0 Å². The van der Waals surface area contributed by atoms with Crippen molar-refractivity contribution in [3.05, 3.63) is 35.4 Å². The molecule has 110 valence electrons. The van der Waals surface area contributed by atoms with Gasteiger partial charge in [0, 0.05) is 12.1 Å². The molecule has 0 spiro atoms. The van der Waals surface area contributed by atoms with Gasteiger partial charge in [-0.1, -0.05) is 26.0 Å². The fourth-order valence-electron chi connectivity index (χ4n) is 1.90. The first-order chi connectivity index (χ1) is 9.43. The zero-order chi connectivity index (χ0) is 15.1. The predicted octanol–water partition coefficient (Wildman–Crippen LogP) is 1.46. The minimum atomic E-state index is -0.447. The summed E-state index contributed by atoms with van der Waals surface area (Å²) in [6, 6.07) is 6.66. The van der Waals surface area contributed by atoms with E-state index in [0.717, 1.165) is 5.56 Å². The average molecular weight is 278 g/mol. The molecule has 0 aliphatic carbocycles. The summed E-state index contributed by atoms with van der Waals surface area (Å²) >= 11 is 0. The lowest BCUT2D eigenvalue weighted by molar-refractivity contribution is -0.143. The van der Waals surface area contributed by atoms with Crippen molar-refractivity contribution in [2.75, 3.05) is 7.11 Å². The van der Waals surface area contributed by atoms with Gasteiger partial charge in [-0.25, -0.2) is 0 Å². The summed E-state index contributed by atoms with van der Waals surface area (Å²) in [7, 11) is 1.39. The van der Waals surface area contributed by atoms with E-state index < -0.39 is 5.91 Å². The summed E-state index contributed by atoms with van der Waals surface area (Å²) in [5, 5.41) is 3.18. The summed E-state index contributed by atoms with van der Waals surface area (Å²) in [4.78, 5) is 22.6. The van der Waals surface area contributed by atoms with Crippen LogP contribution in [-0.2, 0) is 16.1 Å². The first-order valence-corrected chi connectivity index (χ1v) is 6.64. The minimum Gasteiger partial charge on any atom is -0.468 e. The maximum absolute atomic E-state index is 11.7. The van der Waals surface area contributed by atoms with E-state index in [4.69, 9.17) is 10.5 Å². The van der Waals surface area contributed by atoms with Crippen molar-refractivity contribution in [1.82, 2.24) is 5.32 Å². The van der Waals surface area contributed by atoms with E-state index in [1.807, 2.05) is 12.1 Å². The van der Waals surface area contributed by atoms with Gasteiger partial charge in [0.2, 0.25) is 5.91 Å². The van der Waals surface area contributed by atoms with E-state index in [-0.39, 0.29) is 12.0 Å². The molecule has 5 heteroatoms. The van der Waals surface area contributed by atoms with Gasteiger partial charge in [-0.15, -0.1) is 0 Å². The number of ether oxygens (including phenoxy) is 1. The van der Waals surface area contributed by atoms with E-state index in [2.05, 4.69) is 19.2 Å². The smallest absolute Gasteiger partial charge is 0.322 e. The Morgan fingerprint density at radius 1 is 1.25 bits per heavy atom. The number of benzene rings is 1. The Kier molecular flexibility index (Phi) is 6.18. The number of hydrogen-bond acceptors (Lipinski definition) is 4. The molecule has 0 saturated heterocycles. The van der Waals surface area contributed by atoms with Crippen molar-refractivity contribution in [3.8, 4) is 0 Å². The molecule has 0 aromatic heterocycles. The lowest BCUT2D eigenvalue weighted by atomic mass is 10.0. The zero-order valence-corrected chi connectivity index (χ0v) is 12.2. The Morgan fingerprint density at radius 2 is 1.85 bits per heavy atom. The maximum atomic E-state index is 11.7. The number of carbonyl (C=O) groups is 2. The van der Waals surface area contributed by atoms with Crippen molar-refractivity contribution < 1.29 is 14.3 Å². The number of amides is 1. The summed E-state index contributed by atoms with van der Waals surface area (Å²) in [5.74, 6) is -0.312. The molecular weight excluding hydrogens is 256 g/mol. The Morgan fingerprint density at radius 3 is 2.30 bits per heavy atom. The van der Waals surface area contributed by atoms with Crippen LogP contribution < -0.4 is 11.1 Å². The highest BCUT2D eigenvalue weighted by atomic mass is 16.5. The van der Waals surface area contributed by atoms with Crippen LogP contribution in [0.4, 0.5) is 0 Å². The number of hydrogen-bond donors (Lipinski definition) is 2. The van der Waals surface area contributed by atoms with Gasteiger partial charge in [0.05, 0.1) is 7.11 Å². The molecule has 1 rings (SSSR count). The number of primary amides is 1. The van der Waals surface area contributed by atoms with E-state index in [1.54, 1.807) is 12.1 Å². The third-order valence-corrected chi connectivity index (χ3v) is 2.98. The number of carbonyl (C=O) groups excluding carboxylic acids is 2. The van der Waals surface area contributed by atoms with Gasteiger partial charge in [-0.2, -0.15) is 0 Å². The molecule has 1 amide bonds. The van der Waals surface area contributed by atoms with Crippen LogP contribution in [0.2, 0.25) is 0 Å². The minimum absolute atomic E-state index is 0.257. The molecule has 1 aromatic carbocycles. The highest BCUT2D eigenvalue weighted by Crippen LogP contribution is 2.09. The molecule has 20 heavy (non-hydrogen) atoms. The van der Waals surface area contributed by atoms with Crippen LogP contribution in [0.5, 0.6) is 0 Å². The lowest BCUT2D eigenvalue weighted by Gasteiger charge is -2.18. The Labute approximate surface area is 119 Å². The molecule has 0 saturated carbocycles. The van der Waals surface area contributed by atoms with Crippen molar-refractivity contribution in [2.24, 2.45) is 11.7 Å². The molecule has 0 fully saturated rings. The standard InChI is InChI=1S/C15H22N2O3/c1-10(2)8-13(15(19)20-3)17-9-11-4-6-12(7-5-11)14(16)18/h4-7,10,13,17H,8-9H2,1-3H3,(H2,16,18). The van der Waals surface area contributed by atoms with Crippen molar-refractivity contribution in [1.29, 1.82) is 0 Å². The van der Waals surface area contributed by atoms with E-state index in [9.17, 15) is 9.59 Å². The molecule has 1 unspecified atom stereocenters. The van der Waals surface area contributed by atoms with Crippen LogP contribution in [0.25, 0.3) is 0 Å². The van der Waals surface area contributed by atoms with Gasteiger partial charge in [0.25, 0.3) is 0 Å². The second kappa shape index (κ2) is 7.65. The second-order valence-electron chi connectivity index (χ2n) is 5.15. The predicted molar refractivity (Wildman–Crippen MR) is 77.1 cm³/mol. The highest BCUT2D eigenvalue weighted by Gasteiger charge is 2.19. The largest absolute Gasteiger partial charge is 0.468 e. The van der Waals surface area contributed by atoms with E-state index in [0.29, 0.717) is 24.4 Å². The van der Waals surface area contributed by atoms with Gasteiger partial charge in [0.1, 0.15) is 6.04 Å². The third-order valence-electron chi connectivity index (χ3n) is 2.98. The fourth-order valence-corrected chi connectivity index (χ4v) is 1.90. The normalized spacial score (nSPS) is 12.2. The molecule has 5 nitrogen and oxygen atoms in total. The Balaban J connectivity index is 2.62. The molecule has 3 N–H and O–H groups in total. The Bertz CT molecular complexity index is 455. The average Bonchev–Trinajstić information content (AvgIpc) is 2.42. The van der Waals surface area contributed by atoms with Crippen molar-refractivity contribution in [3.63, 3.8) is 0 Å². The first-order valence-electron chi connectivity index (χ1n) is 6.64.